The molecule has 1 fully saturated rings. The minimum atomic E-state index is -0.983. The number of hydrogen-bond donors (Lipinski definition) is 1. The number of unbranched alkanes of at least 4 members (excludes halogenated alkanes) is 1. The van der Waals surface area contributed by atoms with E-state index in [1.54, 1.807) is 0 Å². The molecule has 1 aromatic rings. The zero-order valence-corrected chi connectivity index (χ0v) is 9.96. The molecule has 1 aliphatic rings. The van der Waals surface area contributed by atoms with Crippen molar-refractivity contribution >= 4 is 11.9 Å². The van der Waals surface area contributed by atoms with Crippen LogP contribution in [0.2, 0.25) is 0 Å². The molecule has 0 radical (unpaired) electrons. The number of carboxylic acid groups (broad SMARTS) is 1. The minimum Gasteiger partial charge on any atom is -0.478 e. The van der Waals surface area contributed by atoms with Gasteiger partial charge >= 0.3 is 5.97 Å². The molecule has 1 aliphatic carbocycles. The summed E-state index contributed by atoms with van der Waals surface area (Å²) in [5.74, 6) is -0.325. The zero-order chi connectivity index (χ0) is 12.3. The lowest BCUT2D eigenvalue weighted by Gasteiger charge is -2.21. The molecule has 1 N–H and O–H groups in total. The Kier molecular flexibility index (Phi) is 3.56. The number of rotatable bonds is 6. The largest absolute Gasteiger partial charge is 0.478 e. The minimum absolute atomic E-state index is 0.139. The van der Waals surface area contributed by atoms with Gasteiger partial charge in [-0.25, -0.2) is 14.8 Å². The average molecular weight is 235 g/mol. The summed E-state index contributed by atoms with van der Waals surface area (Å²) in [4.78, 5) is 21.2. The molecule has 0 amide bonds. The van der Waals surface area contributed by atoms with E-state index in [0.29, 0.717) is 12.0 Å². The Bertz CT molecular complexity index is 387. The van der Waals surface area contributed by atoms with Crippen LogP contribution >= 0.6 is 0 Å². The van der Waals surface area contributed by atoms with Crippen LogP contribution in [0.3, 0.4) is 0 Å². The highest BCUT2D eigenvalue weighted by molar-refractivity contribution is 5.86. The number of carbonyl (C=O) groups is 1. The molecular weight excluding hydrogens is 218 g/mol. The molecule has 5 heteroatoms. The molecule has 1 heterocycles. The summed E-state index contributed by atoms with van der Waals surface area (Å²) < 4.78 is 0. The van der Waals surface area contributed by atoms with Gasteiger partial charge in [-0.2, -0.15) is 0 Å². The van der Waals surface area contributed by atoms with Crippen LogP contribution in [-0.4, -0.2) is 33.6 Å². The molecule has 0 unspecified atom stereocenters. The number of hydrogen-bond acceptors (Lipinski definition) is 4. The third kappa shape index (κ3) is 2.93. The number of carboxylic acids is 1. The molecule has 0 bridgehead atoms. The fraction of sp³-hybridized carbons (Fsp3) is 0.583. The summed E-state index contributed by atoms with van der Waals surface area (Å²) in [6, 6.07) is 0.553. The van der Waals surface area contributed by atoms with Gasteiger partial charge in [0.15, 0.2) is 0 Å². The first-order chi connectivity index (χ1) is 8.22. The third-order valence-electron chi connectivity index (χ3n) is 2.88. The molecule has 1 saturated carbocycles. The molecule has 92 valence electrons. The quantitative estimate of drug-likeness (QED) is 0.816. The fourth-order valence-electron chi connectivity index (χ4n) is 1.74. The summed E-state index contributed by atoms with van der Waals surface area (Å²) in [6.45, 7) is 3.10. The molecule has 1 aromatic heterocycles. The molecule has 0 aliphatic heterocycles. The first-order valence-electron chi connectivity index (χ1n) is 6.04. The number of anilines is 1. The summed E-state index contributed by atoms with van der Waals surface area (Å²) in [5.41, 5.74) is 0.139. The SMILES string of the molecule is CCCCN(c1ncc(C(=O)O)cn1)C1CC1. The van der Waals surface area contributed by atoms with E-state index in [4.69, 9.17) is 5.11 Å². The second-order valence-electron chi connectivity index (χ2n) is 4.36. The first kappa shape index (κ1) is 11.8. The van der Waals surface area contributed by atoms with E-state index in [-0.39, 0.29) is 5.56 Å². The smallest absolute Gasteiger partial charge is 0.338 e. The van der Waals surface area contributed by atoms with E-state index >= 15 is 0 Å². The number of aromatic carboxylic acids is 1. The van der Waals surface area contributed by atoms with Crippen molar-refractivity contribution in [3.8, 4) is 0 Å². The van der Waals surface area contributed by atoms with Gasteiger partial charge in [0.1, 0.15) is 0 Å². The Morgan fingerprint density at radius 2 is 2.12 bits per heavy atom. The Morgan fingerprint density at radius 3 is 2.59 bits per heavy atom. The van der Waals surface area contributed by atoms with Gasteiger partial charge in [-0.15, -0.1) is 0 Å². The Hall–Kier alpha value is -1.65. The Morgan fingerprint density at radius 1 is 1.47 bits per heavy atom. The van der Waals surface area contributed by atoms with Crippen molar-refractivity contribution in [3.63, 3.8) is 0 Å². The van der Waals surface area contributed by atoms with Crippen LogP contribution in [0, 0.1) is 0 Å². The predicted molar refractivity (Wildman–Crippen MR) is 64.3 cm³/mol. The van der Waals surface area contributed by atoms with E-state index in [1.807, 2.05) is 0 Å². The van der Waals surface area contributed by atoms with Crippen molar-refractivity contribution in [2.24, 2.45) is 0 Å². The van der Waals surface area contributed by atoms with Crippen LogP contribution in [0.5, 0.6) is 0 Å². The van der Waals surface area contributed by atoms with E-state index in [1.165, 1.54) is 25.2 Å². The van der Waals surface area contributed by atoms with Gasteiger partial charge in [0.05, 0.1) is 5.56 Å². The Labute approximate surface area is 100 Å². The van der Waals surface area contributed by atoms with Crippen molar-refractivity contribution in [2.45, 2.75) is 38.6 Å². The van der Waals surface area contributed by atoms with Crippen molar-refractivity contribution in [2.75, 3.05) is 11.4 Å². The first-order valence-corrected chi connectivity index (χ1v) is 6.04. The van der Waals surface area contributed by atoms with Crippen molar-refractivity contribution in [1.29, 1.82) is 0 Å². The van der Waals surface area contributed by atoms with Gasteiger partial charge in [0.2, 0.25) is 5.95 Å². The molecule has 2 rings (SSSR count). The summed E-state index contributed by atoms with van der Waals surface area (Å²) in [6.07, 6.45) is 7.39. The lowest BCUT2D eigenvalue weighted by Crippen LogP contribution is -2.28. The maximum Gasteiger partial charge on any atom is 0.338 e. The fourth-order valence-corrected chi connectivity index (χ4v) is 1.74. The van der Waals surface area contributed by atoms with Crippen LogP contribution in [0.4, 0.5) is 5.95 Å². The zero-order valence-electron chi connectivity index (χ0n) is 9.96. The second kappa shape index (κ2) is 5.12. The Balaban J connectivity index is 2.09. The van der Waals surface area contributed by atoms with Gasteiger partial charge in [0, 0.05) is 25.0 Å². The number of nitrogens with zero attached hydrogens (tertiary/aromatic N) is 3. The predicted octanol–water partition coefficient (Wildman–Crippen LogP) is 1.94. The number of aromatic nitrogens is 2. The maximum atomic E-state index is 10.7. The average Bonchev–Trinajstić information content (AvgIpc) is 3.14. The van der Waals surface area contributed by atoms with Crippen LogP contribution < -0.4 is 4.90 Å². The van der Waals surface area contributed by atoms with Crippen LogP contribution in [0.1, 0.15) is 43.0 Å². The molecule has 17 heavy (non-hydrogen) atoms. The van der Waals surface area contributed by atoms with E-state index in [9.17, 15) is 4.79 Å². The lowest BCUT2D eigenvalue weighted by molar-refractivity contribution is 0.0696. The maximum absolute atomic E-state index is 10.7. The molecule has 0 spiro atoms. The van der Waals surface area contributed by atoms with Gasteiger partial charge in [-0.05, 0) is 19.3 Å². The third-order valence-corrected chi connectivity index (χ3v) is 2.88. The molecule has 0 saturated heterocycles. The van der Waals surface area contributed by atoms with Crippen molar-refractivity contribution in [1.82, 2.24) is 9.97 Å². The normalized spacial score (nSPS) is 14.6. The van der Waals surface area contributed by atoms with E-state index in [2.05, 4.69) is 21.8 Å². The van der Waals surface area contributed by atoms with Gasteiger partial charge in [0.25, 0.3) is 0 Å². The van der Waals surface area contributed by atoms with E-state index in [0.717, 1.165) is 19.4 Å². The molecule has 0 atom stereocenters. The van der Waals surface area contributed by atoms with Crippen LogP contribution in [0.15, 0.2) is 12.4 Å². The lowest BCUT2D eigenvalue weighted by atomic mass is 10.3. The molecule has 0 aromatic carbocycles. The topological polar surface area (TPSA) is 66.3 Å². The van der Waals surface area contributed by atoms with Crippen LogP contribution in [0.25, 0.3) is 0 Å². The van der Waals surface area contributed by atoms with Gasteiger partial charge in [-0.3, -0.25) is 0 Å². The second-order valence-corrected chi connectivity index (χ2v) is 4.36. The van der Waals surface area contributed by atoms with Crippen molar-refractivity contribution in [3.05, 3.63) is 18.0 Å². The van der Waals surface area contributed by atoms with Crippen LogP contribution in [-0.2, 0) is 0 Å². The highest BCUT2D eigenvalue weighted by Gasteiger charge is 2.30. The summed E-state index contributed by atoms with van der Waals surface area (Å²) in [7, 11) is 0. The van der Waals surface area contributed by atoms with Gasteiger partial charge in [-0.1, -0.05) is 13.3 Å². The molecular formula is C12H17N3O2. The summed E-state index contributed by atoms with van der Waals surface area (Å²) in [5, 5.41) is 8.78. The van der Waals surface area contributed by atoms with Crippen molar-refractivity contribution < 1.29 is 9.90 Å². The highest BCUT2D eigenvalue weighted by Crippen LogP contribution is 2.29. The summed E-state index contributed by atoms with van der Waals surface area (Å²) >= 11 is 0. The standard InChI is InChI=1S/C12H17N3O2/c1-2-3-6-15(10-4-5-10)12-13-7-9(8-14-12)11(16)17/h7-8,10H,2-6H2,1H3,(H,16,17). The highest BCUT2D eigenvalue weighted by atomic mass is 16.4. The monoisotopic (exact) mass is 235 g/mol. The van der Waals surface area contributed by atoms with Gasteiger partial charge < -0.3 is 10.0 Å². The van der Waals surface area contributed by atoms with E-state index < -0.39 is 5.97 Å². The molecule has 5 nitrogen and oxygen atoms in total.